The van der Waals surface area contributed by atoms with E-state index in [1.54, 1.807) is 18.6 Å². The highest BCUT2D eigenvalue weighted by atomic mass is 16.2. The van der Waals surface area contributed by atoms with Gasteiger partial charge in [0.15, 0.2) is 0 Å². The van der Waals surface area contributed by atoms with Crippen molar-refractivity contribution >= 4 is 12.2 Å². The number of hydrogen-bond acceptors (Lipinski definition) is 3. The second-order valence-corrected chi connectivity index (χ2v) is 3.46. The first-order valence-electron chi connectivity index (χ1n) is 4.78. The average molecular weight is 204 g/mol. The van der Waals surface area contributed by atoms with E-state index in [1.165, 1.54) is 5.01 Å². The number of nitrogens with zero attached hydrogens (tertiary/aromatic N) is 3. The summed E-state index contributed by atoms with van der Waals surface area (Å²) in [6, 6.07) is 3.72. The maximum absolute atomic E-state index is 11.3. The predicted octanol–water partition coefficient (Wildman–Crippen LogP) is 0.829. The van der Waals surface area contributed by atoms with Crippen LogP contribution in [0.4, 0.5) is 4.79 Å². The van der Waals surface area contributed by atoms with Crippen LogP contribution >= 0.6 is 0 Å². The average Bonchev–Trinajstić information content (AvgIpc) is 2.56. The summed E-state index contributed by atoms with van der Waals surface area (Å²) in [6.45, 7) is 2.55. The van der Waals surface area contributed by atoms with E-state index in [1.807, 2.05) is 19.1 Å². The molecular weight excluding hydrogens is 192 g/mol. The fourth-order valence-corrected chi connectivity index (χ4v) is 1.36. The maximum Gasteiger partial charge on any atom is 0.338 e. The number of hydrogen-bond donors (Lipinski definition) is 1. The molecule has 5 nitrogen and oxygen atoms in total. The molecule has 2 heterocycles. The first-order chi connectivity index (χ1) is 7.25. The third-order valence-corrected chi connectivity index (χ3v) is 2.08. The van der Waals surface area contributed by atoms with E-state index in [0.717, 1.165) is 5.56 Å². The standard InChI is InChI=1S/C10H12N4O/c1-8-7-14(10(15)13-8)12-6-9-3-2-4-11-5-9/h2-6,8H,7H2,1H3,(H,13,15). The molecule has 1 atom stereocenters. The Morgan fingerprint density at radius 2 is 2.60 bits per heavy atom. The lowest BCUT2D eigenvalue weighted by Gasteiger charge is -2.05. The first-order valence-corrected chi connectivity index (χ1v) is 4.78. The lowest BCUT2D eigenvalue weighted by Crippen LogP contribution is -2.24. The number of carbonyl (C=O) groups is 1. The molecule has 1 unspecified atom stereocenters. The van der Waals surface area contributed by atoms with Crippen molar-refractivity contribution in [2.45, 2.75) is 13.0 Å². The van der Waals surface area contributed by atoms with E-state index in [9.17, 15) is 4.79 Å². The molecule has 5 heteroatoms. The molecular formula is C10H12N4O. The fraction of sp³-hybridized carbons (Fsp3) is 0.300. The van der Waals surface area contributed by atoms with E-state index in [0.29, 0.717) is 6.54 Å². The summed E-state index contributed by atoms with van der Waals surface area (Å²) in [5, 5.41) is 8.26. The Labute approximate surface area is 87.8 Å². The van der Waals surface area contributed by atoms with Gasteiger partial charge in [0.2, 0.25) is 0 Å². The van der Waals surface area contributed by atoms with Crippen LogP contribution in [0.25, 0.3) is 0 Å². The zero-order chi connectivity index (χ0) is 10.7. The highest BCUT2D eigenvalue weighted by Gasteiger charge is 2.24. The second kappa shape index (κ2) is 4.08. The summed E-state index contributed by atoms with van der Waals surface area (Å²) in [5.74, 6) is 0. The number of urea groups is 1. The number of rotatable bonds is 2. The smallest absolute Gasteiger partial charge is 0.332 e. The lowest BCUT2D eigenvalue weighted by molar-refractivity contribution is 0.219. The van der Waals surface area contributed by atoms with Gasteiger partial charge in [0.1, 0.15) is 0 Å². The van der Waals surface area contributed by atoms with Gasteiger partial charge in [-0.1, -0.05) is 6.07 Å². The van der Waals surface area contributed by atoms with Gasteiger partial charge in [0.05, 0.1) is 12.8 Å². The summed E-state index contributed by atoms with van der Waals surface area (Å²) < 4.78 is 0. The Morgan fingerprint density at radius 3 is 3.20 bits per heavy atom. The summed E-state index contributed by atoms with van der Waals surface area (Å²) >= 11 is 0. The van der Waals surface area contributed by atoms with Gasteiger partial charge in [0, 0.05) is 24.0 Å². The number of carbonyl (C=O) groups excluding carboxylic acids is 1. The molecule has 1 aliphatic rings. The van der Waals surface area contributed by atoms with Crippen LogP contribution in [0.1, 0.15) is 12.5 Å². The summed E-state index contributed by atoms with van der Waals surface area (Å²) in [7, 11) is 0. The van der Waals surface area contributed by atoms with Crippen LogP contribution in [0.3, 0.4) is 0 Å². The van der Waals surface area contributed by atoms with Crippen molar-refractivity contribution in [2.75, 3.05) is 6.54 Å². The Hall–Kier alpha value is -1.91. The van der Waals surface area contributed by atoms with Gasteiger partial charge in [-0.2, -0.15) is 5.10 Å². The Kier molecular flexibility index (Phi) is 2.62. The number of nitrogens with one attached hydrogen (secondary N) is 1. The number of aromatic nitrogens is 1. The molecule has 0 spiro atoms. The van der Waals surface area contributed by atoms with Gasteiger partial charge in [0.25, 0.3) is 0 Å². The van der Waals surface area contributed by atoms with Crippen LogP contribution in [-0.2, 0) is 0 Å². The van der Waals surface area contributed by atoms with Gasteiger partial charge < -0.3 is 5.32 Å². The molecule has 1 fully saturated rings. The molecule has 0 aliphatic carbocycles. The molecule has 1 aromatic rings. The normalized spacial score (nSPS) is 21.0. The number of hydrazone groups is 1. The van der Waals surface area contributed by atoms with Crippen LogP contribution in [0.5, 0.6) is 0 Å². The highest BCUT2D eigenvalue weighted by Crippen LogP contribution is 2.03. The minimum absolute atomic E-state index is 0.150. The van der Waals surface area contributed by atoms with Crippen molar-refractivity contribution < 1.29 is 4.79 Å². The van der Waals surface area contributed by atoms with Crippen LogP contribution in [0.15, 0.2) is 29.6 Å². The topological polar surface area (TPSA) is 57.6 Å². The first kappa shape index (κ1) is 9.64. The summed E-state index contributed by atoms with van der Waals surface area (Å²) in [5.41, 5.74) is 0.879. The minimum Gasteiger partial charge on any atom is -0.332 e. The van der Waals surface area contributed by atoms with E-state index in [-0.39, 0.29) is 12.1 Å². The van der Waals surface area contributed by atoms with Crippen molar-refractivity contribution in [2.24, 2.45) is 5.10 Å². The molecule has 2 rings (SSSR count). The van der Waals surface area contributed by atoms with Crippen LogP contribution < -0.4 is 5.32 Å². The largest absolute Gasteiger partial charge is 0.338 e. The van der Waals surface area contributed by atoms with E-state index >= 15 is 0 Å². The lowest BCUT2D eigenvalue weighted by atomic mass is 10.3. The zero-order valence-corrected chi connectivity index (χ0v) is 8.42. The second-order valence-electron chi connectivity index (χ2n) is 3.46. The van der Waals surface area contributed by atoms with Gasteiger partial charge in [-0.25, -0.2) is 9.80 Å². The SMILES string of the molecule is CC1CN(N=Cc2cccnc2)C(=O)N1. The van der Waals surface area contributed by atoms with Crippen LogP contribution in [0, 0.1) is 0 Å². The van der Waals surface area contributed by atoms with E-state index in [2.05, 4.69) is 15.4 Å². The quantitative estimate of drug-likeness (QED) is 0.725. The monoisotopic (exact) mass is 204 g/mol. The number of amides is 2. The molecule has 0 radical (unpaired) electrons. The van der Waals surface area contributed by atoms with Gasteiger partial charge in [-0.15, -0.1) is 0 Å². The number of pyridine rings is 1. The molecule has 0 saturated carbocycles. The van der Waals surface area contributed by atoms with Crippen molar-refractivity contribution in [1.82, 2.24) is 15.3 Å². The van der Waals surface area contributed by atoms with Crippen LogP contribution in [0.2, 0.25) is 0 Å². The van der Waals surface area contributed by atoms with Crippen molar-refractivity contribution in [3.8, 4) is 0 Å². The van der Waals surface area contributed by atoms with Gasteiger partial charge in [-0.05, 0) is 13.0 Å². The molecule has 2 amide bonds. The molecule has 78 valence electrons. The Morgan fingerprint density at radius 1 is 1.73 bits per heavy atom. The van der Waals surface area contributed by atoms with E-state index < -0.39 is 0 Å². The van der Waals surface area contributed by atoms with Gasteiger partial charge >= 0.3 is 6.03 Å². The Bertz CT molecular complexity index is 376. The molecule has 1 aliphatic heterocycles. The van der Waals surface area contributed by atoms with Crippen molar-refractivity contribution in [3.63, 3.8) is 0 Å². The molecule has 15 heavy (non-hydrogen) atoms. The Balaban J connectivity index is 2.03. The highest BCUT2D eigenvalue weighted by molar-refractivity contribution is 5.82. The maximum atomic E-state index is 11.3. The van der Waals surface area contributed by atoms with Crippen molar-refractivity contribution in [1.29, 1.82) is 0 Å². The third kappa shape index (κ3) is 2.31. The van der Waals surface area contributed by atoms with Crippen LogP contribution in [-0.4, -0.2) is 34.8 Å². The molecule has 0 bridgehead atoms. The minimum atomic E-state index is -0.150. The zero-order valence-electron chi connectivity index (χ0n) is 8.42. The molecule has 1 saturated heterocycles. The third-order valence-electron chi connectivity index (χ3n) is 2.08. The predicted molar refractivity (Wildman–Crippen MR) is 56.5 cm³/mol. The van der Waals surface area contributed by atoms with Gasteiger partial charge in [-0.3, -0.25) is 4.98 Å². The fourth-order valence-electron chi connectivity index (χ4n) is 1.36. The summed E-state index contributed by atoms with van der Waals surface area (Å²) in [6.07, 6.45) is 5.02. The molecule has 1 N–H and O–H groups in total. The molecule has 1 aromatic heterocycles. The summed E-state index contributed by atoms with van der Waals surface area (Å²) in [4.78, 5) is 15.2. The van der Waals surface area contributed by atoms with Crippen molar-refractivity contribution in [3.05, 3.63) is 30.1 Å². The van der Waals surface area contributed by atoms with E-state index in [4.69, 9.17) is 0 Å². The molecule has 0 aromatic carbocycles.